The number of carbonyl (C=O) groups excluding carboxylic acids is 2. The van der Waals surface area contributed by atoms with E-state index in [1.165, 1.54) is 0 Å². The normalized spacial score (nSPS) is 14.5. The van der Waals surface area contributed by atoms with E-state index in [0.29, 0.717) is 29.2 Å². The van der Waals surface area contributed by atoms with Crippen LogP contribution in [0.15, 0.2) is 60.8 Å². The van der Waals surface area contributed by atoms with Crippen molar-refractivity contribution < 1.29 is 9.59 Å². The Kier molecular flexibility index (Phi) is 5.86. The summed E-state index contributed by atoms with van der Waals surface area (Å²) in [5.41, 5.74) is 2.90. The molecule has 0 saturated carbocycles. The molecule has 0 radical (unpaired) electrons. The molecular weight excluding hydrogens is 400 g/mol. The lowest BCUT2D eigenvalue weighted by Gasteiger charge is -2.32. The van der Waals surface area contributed by atoms with Gasteiger partial charge in [-0.05, 0) is 56.2 Å². The van der Waals surface area contributed by atoms with Crippen LogP contribution in [0.25, 0.3) is 5.69 Å². The van der Waals surface area contributed by atoms with Gasteiger partial charge in [-0.1, -0.05) is 29.8 Å². The Labute approximate surface area is 180 Å². The van der Waals surface area contributed by atoms with Gasteiger partial charge in [0.25, 0.3) is 11.8 Å². The minimum Gasteiger partial charge on any atom is -0.349 e. The van der Waals surface area contributed by atoms with Gasteiger partial charge in [-0.15, -0.1) is 0 Å². The number of carbonyl (C=O) groups is 2. The Morgan fingerprint density at radius 2 is 1.70 bits per heavy atom. The number of benzene rings is 2. The van der Waals surface area contributed by atoms with Gasteiger partial charge in [0.05, 0.1) is 23.1 Å². The van der Waals surface area contributed by atoms with Crippen LogP contribution in [-0.2, 0) is 0 Å². The van der Waals surface area contributed by atoms with Crippen LogP contribution in [0.2, 0.25) is 5.02 Å². The maximum atomic E-state index is 13.0. The van der Waals surface area contributed by atoms with Crippen LogP contribution in [0.4, 0.5) is 0 Å². The van der Waals surface area contributed by atoms with Crippen molar-refractivity contribution in [3.8, 4) is 5.69 Å². The van der Waals surface area contributed by atoms with Crippen molar-refractivity contribution in [2.24, 2.45) is 0 Å². The third-order valence-corrected chi connectivity index (χ3v) is 5.72. The maximum absolute atomic E-state index is 13.0. The molecule has 1 saturated heterocycles. The van der Waals surface area contributed by atoms with Crippen LogP contribution in [0.1, 0.15) is 39.3 Å². The molecule has 1 fully saturated rings. The van der Waals surface area contributed by atoms with Gasteiger partial charge in [0, 0.05) is 29.7 Å². The largest absolute Gasteiger partial charge is 0.349 e. The Morgan fingerprint density at radius 1 is 1.03 bits per heavy atom. The van der Waals surface area contributed by atoms with Crippen molar-refractivity contribution in [2.45, 2.75) is 25.8 Å². The number of amides is 2. The van der Waals surface area contributed by atoms with Gasteiger partial charge in [-0.25, -0.2) is 4.68 Å². The molecule has 4 rings (SSSR count). The van der Waals surface area contributed by atoms with E-state index in [0.717, 1.165) is 24.2 Å². The van der Waals surface area contributed by atoms with Crippen molar-refractivity contribution >= 4 is 23.4 Å². The summed E-state index contributed by atoms with van der Waals surface area (Å²) in [4.78, 5) is 27.2. The topological polar surface area (TPSA) is 67.2 Å². The predicted octanol–water partition coefficient (Wildman–Crippen LogP) is 3.87. The molecule has 0 bridgehead atoms. The number of likely N-dealkylation sites (tertiary alicyclic amines) is 1. The molecule has 1 aromatic heterocycles. The first-order valence-corrected chi connectivity index (χ1v) is 10.4. The summed E-state index contributed by atoms with van der Waals surface area (Å²) in [7, 11) is 0. The van der Waals surface area contributed by atoms with Gasteiger partial charge in [-0.3, -0.25) is 9.59 Å². The van der Waals surface area contributed by atoms with Gasteiger partial charge in [-0.2, -0.15) is 5.10 Å². The molecule has 0 unspecified atom stereocenters. The monoisotopic (exact) mass is 422 g/mol. The second kappa shape index (κ2) is 8.71. The first kappa shape index (κ1) is 20.2. The molecule has 2 heterocycles. The molecule has 1 N–H and O–H groups in total. The standard InChI is InChI=1S/C23H23ClN4O2/c1-16-21(15-25-28(16)20-9-7-18(24)8-10-20)23(30)27-13-11-19(12-14-27)26-22(29)17-5-3-2-4-6-17/h2-10,15,19H,11-14H2,1H3,(H,26,29). The summed E-state index contributed by atoms with van der Waals surface area (Å²) in [6, 6.07) is 16.6. The molecule has 1 aliphatic rings. The van der Waals surface area contributed by atoms with Crippen LogP contribution in [0.3, 0.4) is 0 Å². The van der Waals surface area contributed by atoms with E-state index in [9.17, 15) is 9.59 Å². The van der Waals surface area contributed by atoms with E-state index in [-0.39, 0.29) is 17.9 Å². The highest BCUT2D eigenvalue weighted by Gasteiger charge is 2.27. The Hall–Kier alpha value is -3.12. The Morgan fingerprint density at radius 3 is 2.37 bits per heavy atom. The summed E-state index contributed by atoms with van der Waals surface area (Å²) < 4.78 is 1.75. The molecule has 0 atom stereocenters. The maximum Gasteiger partial charge on any atom is 0.257 e. The number of piperidine rings is 1. The highest BCUT2D eigenvalue weighted by molar-refractivity contribution is 6.30. The summed E-state index contributed by atoms with van der Waals surface area (Å²) in [6.07, 6.45) is 3.08. The van der Waals surface area contributed by atoms with Gasteiger partial charge in [0.2, 0.25) is 0 Å². The van der Waals surface area contributed by atoms with Crippen LogP contribution >= 0.6 is 11.6 Å². The minimum absolute atomic E-state index is 0.0273. The van der Waals surface area contributed by atoms with Gasteiger partial charge >= 0.3 is 0 Å². The molecule has 154 valence electrons. The number of hydrogen-bond donors (Lipinski definition) is 1. The molecule has 0 spiro atoms. The average Bonchev–Trinajstić information content (AvgIpc) is 3.16. The lowest BCUT2D eigenvalue weighted by atomic mass is 10.0. The lowest BCUT2D eigenvalue weighted by molar-refractivity contribution is 0.0697. The van der Waals surface area contributed by atoms with Crippen LogP contribution in [-0.4, -0.2) is 45.6 Å². The molecule has 7 heteroatoms. The summed E-state index contributed by atoms with van der Waals surface area (Å²) in [5, 5.41) is 8.12. The summed E-state index contributed by atoms with van der Waals surface area (Å²) in [6.45, 7) is 3.09. The van der Waals surface area contributed by atoms with E-state index in [1.54, 1.807) is 35.1 Å². The Bertz CT molecular complexity index is 1040. The molecule has 1 aliphatic heterocycles. The van der Waals surface area contributed by atoms with E-state index in [4.69, 9.17) is 11.6 Å². The first-order valence-electron chi connectivity index (χ1n) is 9.98. The van der Waals surface area contributed by atoms with Gasteiger partial charge in [0.15, 0.2) is 0 Å². The van der Waals surface area contributed by atoms with Crippen LogP contribution < -0.4 is 5.32 Å². The van der Waals surface area contributed by atoms with E-state index < -0.39 is 0 Å². The SMILES string of the molecule is Cc1c(C(=O)N2CCC(NC(=O)c3ccccc3)CC2)cnn1-c1ccc(Cl)cc1. The number of rotatable bonds is 4. The van der Waals surface area contributed by atoms with E-state index in [1.807, 2.05) is 42.2 Å². The third-order valence-electron chi connectivity index (χ3n) is 5.46. The Balaban J connectivity index is 1.38. The number of hydrogen-bond acceptors (Lipinski definition) is 3. The zero-order chi connectivity index (χ0) is 21.1. The fourth-order valence-electron chi connectivity index (χ4n) is 3.72. The molecule has 2 amide bonds. The molecule has 2 aromatic carbocycles. The highest BCUT2D eigenvalue weighted by Crippen LogP contribution is 2.20. The molecule has 3 aromatic rings. The number of halogens is 1. The second-order valence-electron chi connectivity index (χ2n) is 7.44. The van der Waals surface area contributed by atoms with Crippen LogP contribution in [0.5, 0.6) is 0 Å². The summed E-state index contributed by atoms with van der Waals surface area (Å²) >= 11 is 5.96. The van der Waals surface area contributed by atoms with Gasteiger partial charge < -0.3 is 10.2 Å². The van der Waals surface area contributed by atoms with E-state index in [2.05, 4.69) is 10.4 Å². The van der Waals surface area contributed by atoms with Crippen molar-refractivity contribution in [3.63, 3.8) is 0 Å². The van der Waals surface area contributed by atoms with Crippen molar-refractivity contribution in [2.75, 3.05) is 13.1 Å². The molecular formula is C23H23ClN4O2. The van der Waals surface area contributed by atoms with Crippen molar-refractivity contribution in [1.82, 2.24) is 20.0 Å². The fourth-order valence-corrected chi connectivity index (χ4v) is 3.84. The minimum atomic E-state index is -0.0690. The predicted molar refractivity (Wildman–Crippen MR) is 116 cm³/mol. The summed E-state index contributed by atoms with van der Waals surface area (Å²) in [5.74, 6) is -0.0963. The zero-order valence-corrected chi connectivity index (χ0v) is 17.5. The molecule has 0 aliphatic carbocycles. The number of nitrogens with one attached hydrogen (secondary N) is 1. The van der Waals surface area contributed by atoms with Gasteiger partial charge in [0.1, 0.15) is 0 Å². The number of nitrogens with zero attached hydrogens (tertiary/aromatic N) is 3. The fraction of sp³-hybridized carbons (Fsp3) is 0.261. The lowest BCUT2D eigenvalue weighted by Crippen LogP contribution is -2.46. The zero-order valence-electron chi connectivity index (χ0n) is 16.7. The highest BCUT2D eigenvalue weighted by atomic mass is 35.5. The van der Waals surface area contributed by atoms with Crippen LogP contribution in [0, 0.1) is 6.92 Å². The second-order valence-corrected chi connectivity index (χ2v) is 7.87. The van der Waals surface area contributed by atoms with Crippen molar-refractivity contribution in [3.05, 3.63) is 82.6 Å². The first-order chi connectivity index (χ1) is 14.5. The third kappa shape index (κ3) is 4.24. The number of aromatic nitrogens is 2. The van der Waals surface area contributed by atoms with E-state index >= 15 is 0 Å². The molecule has 30 heavy (non-hydrogen) atoms. The van der Waals surface area contributed by atoms with Crippen molar-refractivity contribution in [1.29, 1.82) is 0 Å². The smallest absolute Gasteiger partial charge is 0.257 e. The average molecular weight is 423 g/mol. The molecule has 6 nitrogen and oxygen atoms in total. The quantitative estimate of drug-likeness (QED) is 0.694.